The molecular formula is C10H18N4S. The molecule has 0 spiro atoms. The predicted molar refractivity (Wildman–Crippen MR) is 64.3 cm³/mol. The Morgan fingerprint density at radius 2 is 2.40 bits per heavy atom. The van der Waals surface area contributed by atoms with E-state index in [1.807, 2.05) is 12.4 Å². The van der Waals surface area contributed by atoms with E-state index in [1.165, 1.54) is 4.88 Å². The van der Waals surface area contributed by atoms with Gasteiger partial charge in [0, 0.05) is 17.8 Å². The molecule has 1 rings (SSSR count). The maximum atomic E-state index is 7.12. The van der Waals surface area contributed by atoms with Crippen molar-refractivity contribution in [2.45, 2.75) is 26.3 Å². The van der Waals surface area contributed by atoms with E-state index in [-0.39, 0.29) is 5.84 Å². The van der Waals surface area contributed by atoms with Crippen LogP contribution in [0.1, 0.15) is 23.4 Å². The Morgan fingerprint density at radius 1 is 1.67 bits per heavy atom. The van der Waals surface area contributed by atoms with Crippen LogP contribution in [0.2, 0.25) is 0 Å². The summed E-state index contributed by atoms with van der Waals surface area (Å²) < 4.78 is 0. The molecule has 1 heterocycles. The third kappa shape index (κ3) is 4.40. The van der Waals surface area contributed by atoms with Gasteiger partial charge in [-0.1, -0.05) is 0 Å². The summed E-state index contributed by atoms with van der Waals surface area (Å²) in [6.07, 6.45) is 1.63. The van der Waals surface area contributed by atoms with Crippen molar-refractivity contribution in [1.29, 1.82) is 5.41 Å². The highest BCUT2D eigenvalue weighted by Crippen LogP contribution is 2.14. The molecule has 0 aromatic carbocycles. The summed E-state index contributed by atoms with van der Waals surface area (Å²) in [5.41, 5.74) is 8.30. The lowest BCUT2D eigenvalue weighted by Gasteiger charge is -2.15. The molecule has 5 heteroatoms. The Hall–Kier alpha value is -0.940. The number of hydrogen-bond donors (Lipinski definition) is 2. The fourth-order valence-electron chi connectivity index (χ4n) is 1.34. The van der Waals surface area contributed by atoms with E-state index in [0.717, 1.165) is 25.2 Å². The zero-order chi connectivity index (χ0) is 11.3. The molecule has 0 aliphatic rings. The first kappa shape index (κ1) is 12.1. The number of aryl methyl sites for hydroxylation is 1. The van der Waals surface area contributed by atoms with Gasteiger partial charge in [-0.2, -0.15) is 0 Å². The number of rotatable bonds is 6. The number of nitrogens with zero attached hydrogens (tertiary/aromatic N) is 2. The molecule has 0 radical (unpaired) electrons. The zero-order valence-electron chi connectivity index (χ0n) is 9.29. The highest BCUT2D eigenvalue weighted by molar-refractivity contribution is 7.09. The monoisotopic (exact) mass is 226 g/mol. The van der Waals surface area contributed by atoms with Crippen LogP contribution >= 0.6 is 11.3 Å². The van der Waals surface area contributed by atoms with Gasteiger partial charge in [0.1, 0.15) is 0 Å². The van der Waals surface area contributed by atoms with Gasteiger partial charge in [0.15, 0.2) is 0 Å². The normalized spacial score (nSPS) is 10.9. The second-order valence-corrected chi connectivity index (χ2v) is 4.67. The molecule has 3 N–H and O–H groups in total. The van der Waals surface area contributed by atoms with Gasteiger partial charge in [-0.15, -0.1) is 11.3 Å². The first-order valence-corrected chi connectivity index (χ1v) is 5.88. The Labute approximate surface area is 94.6 Å². The Kier molecular flexibility index (Phi) is 4.71. The Bertz CT molecular complexity index is 321. The molecular weight excluding hydrogens is 208 g/mol. The molecule has 0 fully saturated rings. The summed E-state index contributed by atoms with van der Waals surface area (Å²) in [6.45, 7) is 3.95. The average molecular weight is 226 g/mol. The van der Waals surface area contributed by atoms with Crippen LogP contribution in [-0.2, 0) is 6.54 Å². The second-order valence-electron chi connectivity index (χ2n) is 3.73. The molecule has 0 saturated carbocycles. The summed E-state index contributed by atoms with van der Waals surface area (Å²) in [7, 11) is 2.08. The van der Waals surface area contributed by atoms with Crippen molar-refractivity contribution in [3.8, 4) is 0 Å². The second kappa shape index (κ2) is 5.82. The van der Waals surface area contributed by atoms with Crippen molar-refractivity contribution in [3.63, 3.8) is 0 Å². The number of thiazole rings is 1. The molecule has 0 amide bonds. The molecule has 0 aliphatic carbocycles. The minimum absolute atomic E-state index is 0.275. The van der Waals surface area contributed by atoms with E-state index in [1.54, 1.807) is 11.3 Å². The minimum Gasteiger partial charge on any atom is -0.388 e. The SMILES string of the molecule is Cc1ncsc1CN(C)CCCC(=N)N. The lowest BCUT2D eigenvalue weighted by molar-refractivity contribution is 0.326. The summed E-state index contributed by atoms with van der Waals surface area (Å²) >= 11 is 1.70. The summed E-state index contributed by atoms with van der Waals surface area (Å²) in [5, 5.41) is 7.12. The predicted octanol–water partition coefficient (Wildman–Crippen LogP) is 1.60. The highest BCUT2D eigenvalue weighted by atomic mass is 32.1. The largest absolute Gasteiger partial charge is 0.388 e. The summed E-state index contributed by atoms with van der Waals surface area (Å²) in [6, 6.07) is 0. The molecule has 0 bridgehead atoms. The number of aromatic nitrogens is 1. The standard InChI is InChI=1S/C10H18N4S/c1-8-9(15-7-13-8)6-14(2)5-3-4-10(11)12/h7H,3-6H2,1-2H3,(H3,11,12). The minimum atomic E-state index is 0.275. The first-order chi connectivity index (χ1) is 7.09. The summed E-state index contributed by atoms with van der Waals surface area (Å²) in [5.74, 6) is 0.275. The van der Waals surface area contributed by atoms with Crippen LogP contribution in [-0.4, -0.2) is 29.3 Å². The fourth-order valence-corrected chi connectivity index (χ4v) is 2.20. The van der Waals surface area contributed by atoms with Crippen LogP contribution in [0.15, 0.2) is 5.51 Å². The van der Waals surface area contributed by atoms with Crippen LogP contribution in [0.25, 0.3) is 0 Å². The quantitative estimate of drug-likeness (QED) is 0.572. The van der Waals surface area contributed by atoms with Crippen molar-refractivity contribution in [1.82, 2.24) is 9.88 Å². The van der Waals surface area contributed by atoms with E-state index < -0.39 is 0 Å². The number of nitrogens with two attached hydrogens (primary N) is 1. The van der Waals surface area contributed by atoms with Crippen LogP contribution in [0, 0.1) is 12.3 Å². The van der Waals surface area contributed by atoms with Crippen molar-refractivity contribution >= 4 is 17.2 Å². The molecule has 0 atom stereocenters. The number of amidine groups is 1. The van der Waals surface area contributed by atoms with Crippen LogP contribution in [0.5, 0.6) is 0 Å². The zero-order valence-corrected chi connectivity index (χ0v) is 10.1. The first-order valence-electron chi connectivity index (χ1n) is 5.00. The lowest BCUT2D eigenvalue weighted by Crippen LogP contribution is -2.20. The molecule has 15 heavy (non-hydrogen) atoms. The Balaban J connectivity index is 2.27. The lowest BCUT2D eigenvalue weighted by atomic mass is 10.2. The van der Waals surface area contributed by atoms with Gasteiger partial charge >= 0.3 is 0 Å². The number of hydrogen-bond acceptors (Lipinski definition) is 4. The van der Waals surface area contributed by atoms with Crippen molar-refractivity contribution in [3.05, 3.63) is 16.1 Å². The van der Waals surface area contributed by atoms with Crippen molar-refractivity contribution < 1.29 is 0 Å². The van der Waals surface area contributed by atoms with E-state index in [4.69, 9.17) is 11.1 Å². The summed E-state index contributed by atoms with van der Waals surface area (Å²) in [4.78, 5) is 7.78. The van der Waals surface area contributed by atoms with E-state index in [9.17, 15) is 0 Å². The highest BCUT2D eigenvalue weighted by Gasteiger charge is 2.05. The maximum Gasteiger partial charge on any atom is 0.0905 e. The Morgan fingerprint density at radius 3 is 2.93 bits per heavy atom. The van der Waals surface area contributed by atoms with Gasteiger partial charge in [-0.05, 0) is 26.9 Å². The molecule has 0 aliphatic heterocycles. The molecule has 4 nitrogen and oxygen atoms in total. The average Bonchev–Trinajstić information content (AvgIpc) is 2.51. The smallest absolute Gasteiger partial charge is 0.0905 e. The van der Waals surface area contributed by atoms with Crippen molar-refractivity contribution in [2.24, 2.45) is 5.73 Å². The van der Waals surface area contributed by atoms with Gasteiger partial charge in [0.2, 0.25) is 0 Å². The third-order valence-electron chi connectivity index (χ3n) is 2.24. The van der Waals surface area contributed by atoms with Gasteiger partial charge in [-0.25, -0.2) is 4.98 Å². The topological polar surface area (TPSA) is 66.0 Å². The van der Waals surface area contributed by atoms with E-state index in [2.05, 4.69) is 16.9 Å². The molecule has 0 saturated heterocycles. The molecule has 84 valence electrons. The van der Waals surface area contributed by atoms with Crippen molar-refractivity contribution in [2.75, 3.05) is 13.6 Å². The van der Waals surface area contributed by atoms with Gasteiger partial charge in [0.05, 0.1) is 17.0 Å². The van der Waals surface area contributed by atoms with Gasteiger partial charge in [-0.3, -0.25) is 5.41 Å². The van der Waals surface area contributed by atoms with Gasteiger partial charge < -0.3 is 10.6 Å². The van der Waals surface area contributed by atoms with Crippen LogP contribution < -0.4 is 5.73 Å². The van der Waals surface area contributed by atoms with Crippen LogP contribution in [0.3, 0.4) is 0 Å². The van der Waals surface area contributed by atoms with Crippen LogP contribution in [0.4, 0.5) is 0 Å². The third-order valence-corrected chi connectivity index (χ3v) is 3.16. The van der Waals surface area contributed by atoms with Gasteiger partial charge in [0.25, 0.3) is 0 Å². The molecule has 1 aromatic rings. The van der Waals surface area contributed by atoms with E-state index >= 15 is 0 Å². The van der Waals surface area contributed by atoms with E-state index in [0.29, 0.717) is 6.42 Å². The number of nitrogens with one attached hydrogen (secondary N) is 1. The molecule has 1 aromatic heterocycles. The maximum absolute atomic E-state index is 7.12. The fraction of sp³-hybridized carbons (Fsp3) is 0.600. The molecule has 0 unspecified atom stereocenters.